The van der Waals surface area contributed by atoms with Gasteiger partial charge < -0.3 is 4.74 Å². The lowest BCUT2D eigenvalue weighted by atomic mass is 10.1. The van der Waals surface area contributed by atoms with Crippen molar-refractivity contribution in [3.63, 3.8) is 0 Å². The number of rotatable bonds is 6. The van der Waals surface area contributed by atoms with Gasteiger partial charge in [-0.25, -0.2) is 0 Å². The van der Waals surface area contributed by atoms with Gasteiger partial charge in [-0.3, -0.25) is 4.84 Å². The smallest absolute Gasteiger partial charge is 0.123 e. The third-order valence-corrected chi connectivity index (χ3v) is 3.20. The lowest BCUT2D eigenvalue weighted by molar-refractivity contribution is 0.00653. The Bertz CT molecular complexity index is 540. The molecule has 0 aliphatic heterocycles. The van der Waals surface area contributed by atoms with Crippen LogP contribution in [0.5, 0.6) is 5.75 Å². The van der Waals surface area contributed by atoms with Gasteiger partial charge in [0.25, 0.3) is 0 Å². The van der Waals surface area contributed by atoms with Crippen molar-refractivity contribution in [3.8, 4) is 5.75 Å². The fraction of sp³-hybridized carbons (Fsp3) is 0.294. The molecule has 1 N–H and O–H groups in total. The second-order valence-electron chi connectivity index (χ2n) is 4.86. The van der Waals surface area contributed by atoms with Crippen LogP contribution in [0.1, 0.15) is 29.7 Å². The molecule has 0 saturated carbocycles. The van der Waals surface area contributed by atoms with Crippen LogP contribution in [0.4, 0.5) is 0 Å². The van der Waals surface area contributed by atoms with Crippen molar-refractivity contribution in [2.45, 2.75) is 26.5 Å². The molecule has 0 saturated heterocycles. The molecule has 3 nitrogen and oxygen atoms in total. The molecule has 0 radical (unpaired) electrons. The number of aryl methyl sites for hydroxylation is 1. The average molecular weight is 271 g/mol. The molecular weight excluding hydrogens is 250 g/mol. The minimum absolute atomic E-state index is 0.0641. The summed E-state index contributed by atoms with van der Waals surface area (Å²) in [4.78, 5) is 5.56. The van der Waals surface area contributed by atoms with Gasteiger partial charge in [0.05, 0.1) is 19.8 Å². The van der Waals surface area contributed by atoms with Crippen molar-refractivity contribution >= 4 is 0 Å². The Balaban J connectivity index is 1.93. The number of ether oxygens (including phenoxy) is 1. The highest BCUT2D eigenvalue weighted by Gasteiger charge is 2.11. The van der Waals surface area contributed by atoms with Crippen LogP contribution in [-0.4, -0.2) is 7.11 Å². The fourth-order valence-corrected chi connectivity index (χ4v) is 2.06. The van der Waals surface area contributed by atoms with Gasteiger partial charge in [0.1, 0.15) is 5.75 Å². The van der Waals surface area contributed by atoms with E-state index in [1.807, 2.05) is 36.4 Å². The monoisotopic (exact) mass is 271 g/mol. The van der Waals surface area contributed by atoms with Crippen LogP contribution in [0.3, 0.4) is 0 Å². The Morgan fingerprint density at radius 2 is 1.85 bits per heavy atom. The quantitative estimate of drug-likeness (QED) is 0.811. The SMILES string of the molecule is COc1cc(C)ccc1C(C)NOCc1ccccc1. The molecule has 1 atom stereocenters. The van der Waals surface area contributed by atoms with Crippen LogP contribution in [-0.2, 0) is 11.4 Å². The number of hydrogen-bond acceptors (Lipinski definition) is 3. The Hall–Kier alpha value is -1.84. The first-order valence-corrected chi connectivity index (χ1v) is 6.76. The minimum Gasteiger partial charge on any atom is -0.496 e. The van der Waals surface area contributed by atoms with Crippen LogP contribution < -0.4 is 10.2 Å². The van der Waals surface area contributed by atoms with Crippen LogP contribution in [0.2, 0.25) is 0 Å². The van der Waals surface area contributed by atoms with Crippen LogP contribution in [0.15, 0.2) is 48.5 Å². The highest BCUT2D eigenvalue weighted by molar-refractivity contribution is 5.38. The third-order valence-electron chi connectivity index (χ3n) is 3.20. The Kier molecular flexibility index (Phi) is 5.16. The predicted molar refractivity (Wildman–Crippen MR) is 80.5 cm³/mol. The number of hydrogen-bond donors (Lipinski definition) is 1. The van der Waals surface area contributed by atoms with Gasteiger partial charge in [0, 0.05) is 5.56 Å². The van der Waals surface area contributed by atoms with Crippen LogP contribution in [0, 0.1) is 6.92 Å². The van der Waals surface area contributed by atoms with E-state index in [1.54, 1.807) is 7.11 Å². The number of benzene rings is 2. The largest absolute Gasteiger partial charge is 0.496 e. The van der Waals surface area contributed by atoms with E-state index in [2.05, 4.69) is 31.5 Å². The van der Waals surface area contributed by atoms with Crippen LogP contribution >= 0.6 is 0 Å². The highest BCUT2D eigenvalue weighted by Crippen LogP contribution is 2.26. The molecular formula is C17H21NO2. The molecule has 0 heterocycles. The van der Waals surface area contributed by atoms with Gasteiger partial charge in [0.2, 0.25) is 0 Å². The summed E-state index contributed by atoms with van der Waals surface area (Å²) in [5.41, 5.74) is 6.48. The van der Waals surface area contributed by atoms with E-state index >= 15 is 0 Å². The molecule has 0 amide bonds. The number of methoxy groups -OCH3 is 1. The number of hydroxylamine groups is 1. The lowest BCUT2D eigenvalue weighted by Crippen LogP contribution is -2.19. The zero-order valence-corrected chi connectivity index (χ0v) is 12.2. The van der Waals surface area contributed by atoms with E-state index in [-0.39, 0.29) is 6.04 Å². The fourth-order valence-electron chi connectivity index (χ4n) is 2.06. The van der Waals surface area contributed by atoms with E-state index in [0.29, 0.717) is 6.61 Å². The van der Waals surface area contributed by atoms with Crippen molar-refractivity contribution in [2.24, 2.45) is 0 Å². The summed E-state index contributed by atoms with van der Waals surface area (Å²) in [5, 5.41) is 0. The molecule has 0 aliphatic carbocycles. The maximum absolute atomic E-state index is 5.56. The standard InChI is InChI=1S/C17H21NO2/c1-13-9-10-16(17(11-13)19-3)14(2)18-20-12-15-7-5-4-6-8-15/h4-11,14,18H,12H2,1-3H3. The molecule has 0 fully saturated rings. The van der Waals surface area contributed by atoms with Crippen molar-refractivity contribution in [1.29, 1.82) is 0 Å². The molecule has 0 aromatic heterocycles. The van der Waals surface area contributed by atoms with Gasteiger partial charge in [0.15, 0.2) is 0 Å². The molecule has 0 bridgehead atoms. The van der Waals surface area contributed by atoms with Crippen molar-refractivity contribution in [2.75, 3.05) is 7.11 Å². The topological polar surface area (TPSA) is 30.5 Å². The molecule has 2 rings (SSSR count). The summed E-state index contributed by atoms with van der Waals surface area (Å²) in [6, 6.07) is 16.3. The van der Waals surface area contributed by atoms with E-state index in [9.17, 15) is 0 Å². The van der Waals surface area contributed by atoms with Crippen molar-refractivity contribution in [1.82, 2.24) is 5.48 Å². The Labute approximate surface area is 120 Å². The van der Waals surface area contributed by atoms with Gasteiger partial charge in [-0.1, -0.05) is 42.5 Å². The van der Waals surface area contributed by atoms with Gasteiger partial charge >= 0.3 is 0 Å². The minimum atomic E-state index is 0.0641. The van der Waals surface area contributed by atoms with Gasteiger partial charge in [-0.05, 0) is 31.0 Å². The van der Waals surface area contributed by atoms with Gasteiger partial charge in [-0.2, -0.15) is 5.48 Å². The number of nitrogens with one attached hydrogen (secondary N) is 1. The van der Waals surface area contributed by atoms with Crippen molar-refractivity contribution in [3.05, 3.63) is 65.2 Å². The first kappa shape index (κ1) is 14.6. The average Bonchev–Trinajstić information content (AvgIpc) is 2.48. The molecule has 1 unspecified atom stereocenters. The van der Waals surface area contributed by atoms with E-state index < -0.39 is 0 Å². The van der Waals surface area contributed by atoms with Crippen molar-refractivity contribution < 1.29 is 9.57 Å². The van der Waals surface area contributed by atoms with Crippen LogP contribution in [0.25, 0.3) is 0 Å². The second kappa shape index (κ2) is 7.08. The van der Waals surface area contributed by atoms with E-state index in [1.165, 1.54) is 5.56 Å². The molecule has 0 spiro atoms. The molecule has 2 aromatic rings. The Morgan fingerprint density at radius 3 is 2.55 bits per heavy atom. The summed E-state index contributed by atoms with van der Waals surface area (Å²) in [5.74, 6) is 0.883. The zero-order valence-electron chi connectivity index (χ0n) is 12.2. The maximum Gasteiger partial charge on any atom is 0.123 e. The normalized spacial score (nSPS) is 12.2. The summed E-state index contributed by atoms with van der Waals surface area (Å²) in [7, 11) is 1.69. The predicted octanol–water partition coefficient (Wildman–Crippen LogP) is 3.79. The molecule has 20 heavy (non-hydrogen) atoms. The lowest BCUT2D eigenvalue weighted by Gasteiger charge is -2.17. The summed E-state index contributed by atoms with van der Waals surface area (Å²) >= 11 is 0. The highest BCUT2D eigenvalue weighted by atomic mass is 16.6. The first-order valence-electron chi connectivity index (χ1n) is 6.76. The first-order chi connectivity index (χ1) is 9.70. The molecule has 2 aromatic carbocycles. The molecule has 0 aliphatic rings. The summed E-state index contributed by atoms with van der Waals surface area (Å²) in [6.07, 6.45) is 0. The summed E-state index contributed by atoms with van der Waals surface area (Å²) in [6.45, 7) is 4.65. The van der Waals surface area contributed by atoms with E-state index in [0.717, 1.165) is 16.9 Å². The summed E-state index contributed by atoms with van der Waals surface area (Å²) < 4.78 is 5.42. The molecule has 106 valence electrons. The Morgan fingerprint density at radius 1 is 1.10 bits per heavy atom. The van der Waals surface area contributed by atoms with Gasteiger partial charge in [-0.15, -0.1) is 0 Å². The molecule has 3 heteroatoms. The second-order valence-corrected chi connectivity index (χ2v) is 4.86. The maximum atomic E-state index is 5.56. The van der Waals surface area contributed by atoms with E-state index in [4.69, 9.17) is 9.57 Å². The third kappa shape index (κ3) is 3.83. The zero-order chi connectivity index (χ0) is 14.4.